The van der Waals surface area contributed by atoms with Crippen LogP contribution in [-0.2, 0) is 9.59 Å². The number of imide groups is 1. The monoisotopic (exact) mass is 407 g/mol. The summed E-state index contributed by atoms with van der Waals surface area (Å²) in [6, 6.07) is 20.4. The second-order valence-electron chi connectivity index (χ2n) is 5.97. The Morgan fingerprint density at radius 2 is 1.79 bits per heavy atom. The van der Waals surface area contributed by atoms with Gasteiger partial charge in [-0.3, -0.25) is 9.59 Å². The molecule has 2 aromatic carbocycles. The SMILES string of the molecule is CCOc1cccc(N2C(=O)C(Sc3ccccc3)=C(c3cccs3)C2=O)c1. The molecule has 140 valence electrons. The van der Waals surface area contributed by atoms with E-state index in [2.05, 4.69) is 0 Å². The van der Waals surface area contributed by atoms with Crippen molar-refractivity contribution in [3.8, 4) is 5.75 Å². The largest absolute Gasteiger partial charge is 0.494 e. The molecule has 4 nitrogen and oxygen atoms in total. The van der Waals surface area contributed by atoms with Crippen LogP contribution in [-0.4, -0.2) is 18.4 Å². The molecule has 0 bridgehead atoms. The van der Waals surface area contributed by atoms with Gasteiger partial charge >= 0.3 is 0 Å². The summed E-state index contributed by atoms with van der Waals surface area (Å²) < 4.78 is 5.53. The average Bonchev–Trinajstić information content (AvgIpc) is 3.30. The van der Waals surface area contributed by atoms with E-state index >= 15 is 0 Å². The minimum atomic E-state index is -0.309. The molecule has 28 heavy (non-hydrogen) atoms. The lowest BCUT2D eigenvalue weighted by Crippen LogP contribution is -2.31. The van der Waals surface area contributed by atoms with E-state index in [1.54, 1.807) is 18.2 Å². The molecular formula is C22H17NO3S2. The topological polar surface area (TPSA) is 46.6 Å². The van der Waals surface area contributed by atoms with Gasteiger partial charge in [0.15, 0.2) is 0 Å². The molecule has 0 atom stereocenters. The fourth-order valence-corrected chi connectivity index (χ4v) is 4.80. The van der Waals surface area contributed by atoms with E-state index in [9.17, 15) is 9.59 Å². The van der Waals surface area contributed by atoms with Gasteiger partial charge < -0.3 is 4.74 Å². The van der Waals surface area contributed by atoms with E-state index in [1.165, 1.54) is 28.0 Å². The Morgan fingerprint density at radius 1 is 0.964 bits per heavy atom. The number of amides is 2. The summed E-state index contributed by atoms with van der Waals surface area (Å²) in [5, 5.41) is 1.91. The number of hydrogen-bond donors (Lipinski definition) is 0. The first kappa shape index (κ1) is 18.5. The number of carbonyl (C=O) groups excluding carboxylic acids is 2. The predicted octanol–water partition coefficient (Wildman–Crippen LogP) is 5.22. The van der Waals surface area contributed by atoms with Gasteiger partial charge in [-0.25, -0.2) is 4.90 Å². The van der Waals surface area contributed by atoms with Gasteiger partial charge in [-0.15, -0.1) is 11.3 Å². The standard InChI is InChI=1S/C22H17NO3S2/c1-2-26-16-9-6-8-15(14-16)23-21(24)19(18-12-7-13-27-18)20(22(23)25)28-17-10-4-3-5-11-17/h3-14H,2H2,1H3. The summed E-state index contributed by atoms with van der Waals surface area (Å²) >= 11 is 2.78. The number of hydrogen-bond acceptors (Lipinski definition) is 5. The number of thioether (sulfide) groups is 1. The van der Waals surface area contributed by atoms with E-state index in [4.69, 9.17) is 4.74 Å². The van der Waals surface area contributed by atoms with Crippen LogP contribution < -0.4 is 9.64 Å². The Morgan fingerprint density at radius 3 is 2.50 bits per heavy atom. The molecule has 1 aromatic heterocycles. The molecule has 0 saturated carbocycles. The number of carbonyl (C=O) groups is 2. The summed E-state index contributed by atoms with van der Waals surface area (Å²) in [6.07, 6.45) is 0. The summed E-state index contributed by atoms with van der Waals surface area (Å²) in [5.74, 6) is 0.0119. The first-order valence-corrected chi connectivity index (χ1v) is 10.5. The third kappa shape index (κ3) is 3.48. The zero-order valence-electron chi connectivity index (χ0n) is 15.1. The van der Waals surface area contributed by atoms with Crippen LogP contribution in [0.15, 0.2) is 81.9 Å². The van der Waals surface area contributed by atoms with Gasteiger partial charge in [0.1, 0.15) is 5.75 Å². The van der Waals surface area contributed by atoms with Crippen molar-refractivity contribution in [3.63, 3.8) is 0 Å². The molecule has 0 unspecified atom stereocenters. The average molecular weight is 408 g/mol. The van der Waals surface area contributed by atoms with Gasteiger partial charge in [-0.05, 0) is 42.6 Å². The lowest BCUT2D eigenvalue weighted by atomic mass is 10.2. The van der Waals surface area contributed by atoms with Crippen LogP contribution in [0.25, 0.3) is 5.57 Å². The Kier molecular flexibility index (Phi) is 5.32. The molecule has 2 heterocycles. The van der Waals surface area contributed by atoms with Crippen molar-refractivity contribution in [3.05, 3.63) is 81.9 Å². The summed E-state index contributed by atoms with van der Waals surface area (Å²) in [7, 11) is 0. The second kappa shape index (κ2) is 8.04. The zero-order valence-corrected chi connectivity index (χ0v) is 16.8. The number of ether oxygens (including phenoxy) is 1. The second-order valence-corrected chi connectivity index (χ2v) is 8.00. The van der Waals surface area contributed by atoms with Gasteiger partial charge in [0.2, 0.25) is 0 Å². The highest BCUT2D eigenvalue weighted by atomic mass is 32.2. The summed E-state index contributed by atoms with van der Waals surface area (Å²) in [4.78, 5) is 30.0. The van der Waals surface area contributed by atoms with Crippen molar-refractivity contribution < 1.29 is 14.3 Å². The Balaban J connectivity index is 1.76. The highest BCUT2D eigenvalue weighted by molar-refractivity contribution is 8.04. The summed E-state index contributed by atoms with van der Waals surface area (Å²) in [6.45, 7) is 2.41. The van der Waals surface area contributed by atoms with Crippen molar-refractivity contribution in [1.82, 2.24) is 0 Å². The van der Waals surface area contributed by atoms with E-state index < -0.39 is 0 Å². The van der Waals surface area contributed by atoms with Crippen LogP contribution in [0.4, 0.5) is 5.69 Å². The number of benzene rings is 2. The normalized spacial score (nSPS) is 14.1. The van der Waals surface area contributed by atoms with E-state index in [-0.39, 0.29) is 11.8 Å². The van der Waals surface area contributed by atoms with Crippen LogP contribution in [0.3, 0.4) is 0 Å². The molecular weight excluding hydrogens is 390 g/mol. The molecule has 3 aromatic rings. The molecule has 0 spiro atoms. The maximum atomic E-state index is 13.3. The van der Waals surface area contributed by atoms with Gasteiger partial charge in [0, 0.05) is 15.8 Å². The van der Waals surface area contributed by atoms with Crippen LogP contribution in [0.1, 0.15) is 11.8 Å². The third-order valence-electron chi connectivity index (χ3n) is 4.16. The zero-order chi connectivity index (χ0) is 19.5. The van der Waals surface area contributed by atoms with Crippen molar-refractivity contribution in [1.29, 1.82) is 0 Å². The van der Waals surface area contributed by atoms with Gasteiger partial charge in [-0.1, -0.05) is 42.1 Å². The molecule has 1 aliphatic rings. The number of anilines is 1. The molecule has 2 amide bonds. The molecule has 0 saturated heterocycles. The number of thiophene rings is 1. The summed E-state index contributed by atoms with van der Waals surface area (Å²) in [5.41, 5.74) is 0.967. The van der Waals surface area contributed by atoms with Crippen molar-refractivity contribution in [2.45, 2.75) is 11.8 Å². The molecule has 0 N–H and O–H groups in total. The molecule has 1 aliphatic heterocycles. The first-order valence-electron chi connectivity index (χ1n) is 8.81. The van der Waals surface area contributed by atoms with E-state index in [1.807, 2.05) is 60.8 Å². The van der Waals surface area contributed by atoms with E-state index in [0.29, 0.717) is 28.5 Å². The Hall–Kier alpha value is -2.83. The maximum Gasteiger partial charge on any atom is 0.272 e. The highest BCUT2D eigenvalue weighted by Gasteiger charge is 2.41. The number of nitrogens with zero attached hydrogens (tertiary/aromatic N) is 1. The first-order chi connectivity index (χ1) is 13.7. The lowest BCUT2D eigenvalue weighted by Gasteiger charge is -2.16. The van der Waals surface area contributed by atoms with Gasteiger partial charge in [0.25, 0.3) is 11.8 Å². The smallest absolute Gasteiger partial charge is 0.272 e. The predicted molar refractivity (Wildman–Crippen MR) is 114 cm³/mol. The maximum absolute atomic E-state index is 13.3. The van der Waals surface area contributed by atoms with Crippen LogP contribution >= 0.6 is 23.1 Å². The fourth-order valence-electron chi connectivity index (χ4n) is 2.96. The van der Waals surface area contributed by atoms with Gasteiger partial charge in [-0.2, -0.15) is 0 Å². The third-order valence-corrected chi connectivity index (χ3v) is 6.14. The molecule has 0 fully saturated rings. The van der Waals surface area contributed by atoms with Gasteiger partial charge in [0.05, 0.1) is 22.8 Å². The minimum Gasteiger partial charge on any atom is -0.494 e. The molecule has 6 heteroatoms. The van der Waals surface area contributed by atoms with Crippen LogP contribution in [0, 0.1) is 0 Å². The van der Waals surface area contributed by atoms with Crippen LogP contribution in [0.5, 0.6) is 5.75 Å². The van der Waals surface area contributed by atoms with Crippen LogP contribution in [0.2, 0.25) is 0 Å². The van der Waals surface area contributed by atoms with Crippen molar-refractivity contribution in [2.24, 2.45) is 0 Å². The minimum absolute atomic E-state index is 0.306. The fraction of sp³-hybridized carbons (Fsp3) is 0.0909. The van der Waals surface area contributed by atoms with Crippen molar-refractivity contribution in [2.75, 3.05) is 11.5 Å². The molecule has 0 aliphatic carbocycles. The molecule has 0 radical (unpaired) electrons. The lowest BCUT2D eigenvalue weighted by molar-refractivity contribution is -0.119. The highest BCUT2D eigenvalue weighted by Crippen LogP contribution is 2.42. The molecule has 4 rings (SSSR count). The van der Waals surface area contributed by atoms with E-state index in [0.717, 1.165) is 9.77 Å². The Bertz CT molecular complexity index is 1040. The Labute approximate surface area is 171 Å². The quantitative estimate of drug-likeness (QED) is 0.526. The van der Waals surface area contributed by atoms with Crippen molar-refractivity contribution >= 4 is 46.2 Å². The number of rotatable bonds is 6.